The summed E-state index contributed by atoms with van der Waals surface area (Å²) in [7, 11) is 0. The minimum absolute atomic E-state index is 0.172. The Morgan fingerprint density at radius 3 is 1.76 bits per heavy atom. The Hall–Kier alpha value is -3.16. The van der Waals surface area contributed by atoms with E-state index in [4.69, 9.17) is 0 Å². The predicted octanol–water partition coefficient (Wildman–Crippen LogP) is 9.98. The van der Waals surface area contributed by atoms with Gasteiger partial charge in [-0.25, -0.2) is 0 Å². The molecule has 0 N–H and O–H groups in total. The number of hydrogen-bond acceptors (Lipinski definition) is 0. The first-order chi connectivity index (χ1) is 15.9. The highest BCUT2D eigenvalue weighted by Gasteiger charge is 2.15. The summed E-state index contributed by atoms with van der Waals surface area (Å²) >= 11 is 3.81. The third-order valence-corrected chi connectivity index (χ3v) is 7.51. The van der Waals surface area contributed by atoms with Crippen molar-refractivity contribution in [2.75, 3.05) is 0 Å². The minimum atomic E-state index is 0.172. The van der Waals surface area contributed by atoms with Gasteiger partial charge in [0, 0.05) is 4.47 Å². The first-order valence-electron chi connectivity index (χ1n) is 11.5. The van der Waals surface area contributed by atoms with E-state index in [-0.39, 0.29) is 5.41 Å². The van der Waals surface area contributed by atoms with Crippen molar-refractivity contribution in [1.82, 2.24) is 0 Å². The van der Waals surface area contributed by atoms with Gasteiger partial charge in [0.05, 0.1) is 0 Å². The number of halogens is 1. The second kappa shape index (κ2) is 7.43. The van der Waals surface area contributed by atoms with Crippen LogP contribution in [-0.4, -0.2) is 0 Å². The van der Waals surface area contributed by atoms with Crippen molar-refractivity contribution in [2.45, 2.75) is 26.2 Å². The molecule has 0 nitrogen and oxygen atoms in total. The summed E-state index contributed by atoms with van der Waals surface area (Å²) < 4.78 is 1.15. The van der Waals surface area contributed by atoms with Crippen LogP contribution in [-0.2, 0) is 5.41 Å². The summed E-state index contributed by atoms with van der Waals surface area (Å²) in [6.45, 7) is 6.77. The average molecular weight is 489 g/mol. The first kappa shape index (κ1) is 20.4. The van der Waals surface area contributed by atoms with Crippen molar-refractivity contribution in [3.8, 4) is 22.3 Å². The molecule has 0 saturated carbocycles. The minimum Gasteiger partial charge on any atom is -0.0610 e. The lowest BCUT2D eigenvalue weighted by Gasteiger charge is -2.19. The smallest absolute Gasteiger partial charge is 0.0260 e. The normalized spacial score (nSPS) is 12.2. The van der Waals surface area contributed by atoms with Crippen LogP contribution >= 0.6 is 15.9 Å². The van der Waals surface area contributed by atoms with Crippen molar-refractivity contribution in [3.05, 3.63) is 107 Å². The molecule has 0 spiro atoms. The van der Waals surface area contributed by atoms with Crippen LogP contribution < -0.4 is 0 Å². The van der Waals surface area contributed by atoms with E-state index in [1.165, 1.54) is 60.1 Å². The molecule has 0 saturated heterocycles. The summed E-state index contributed by atoms with van der Waals surface area (Å²) in [5, 5.41) is 7.85. The number of benzene rings is 6. The lowest BCUT2D eigenvalue weighted by Crippen LogP contribution is -2.10. The summed E-state index contributed by atoms with van der Waals surface area (Å²) in [5.74, 6) is 0. The molecule has 6 aromatic carbocycles. The fourth-order valence-corrected chi connectivity index (χ4v) is 5.63. The van der Waals surface area contributed by atoms with Gasteiger partial charge in [-0.3, -0.25) is 0 Å². The van der Waals surface area contributed by atoms with Crippen LogP contribution in [0.4, 0.5) is 0 Å². The molecule has 0 bridgehead atoms. The molecule has 6 rings (SSSR count). The van der Waals surface area contributed by atoms with Gasteiger partial charge in [0.15, 0.2) is 0 Å². The topological polar surface area (TPSA) is 0 Å². The molecule has 0 unspecified atom stereocenters. The number of hydrogen-bond donors (Lipinski definition) is 0. The zero-order chi connectivity index (χ0) is 22.7. The molecule has 0 aliphatic rings. The lowest BCUT2D eigenvalue weighted by atomic mass is 9.86. The van der Waals surface area contributed by atoms with Gasteiger partial charge in [0.1, 0.15) is 0 Å². The van der Waals surface area contributed by atoms with Crippen LogP contribution in [0.3, 0.4) is 0 Å². The second-order valence-corrected chi connectivity index (χ2v) is 10.8. The zero-order valence-corrected chi connectivity index (χ0v) is 20.7. The predicted molar refractivity (Wildman–Crippen MR) is 147 cm³/mol. The molecule has 160 valence electrons. The van der Waals surface area contributed by atoms with E-state index in [9.17, 15) is 0 Å². The third-order valence-electron chi connectivity index (χ3n) is 6.85. The fraction of sp³-hybridized carbons (Fsp3) is 0.125. The van der Waals surface area contributed by atoms with E-state index in [0.717, 1.165) is 4.47 Å². The maximum Gasteiger partial charge on any atom is 0.0260 e. The second-order valence-electron chi connectivity index (χ2n) is 9.99. The molecule has 0 radical (unpaired) electrons. The molecule has 0 amide bonds. The van der Waals surface area contributed by atoms with Gasteiger partial charge in [0.2, 0.25) is 0 Å². The molecule has 33 heavy (non-hydrogen) atoms. The Labute approximate surface area is 203 Å². The van der Waals surface area contributed by atoms with Gasteiger partial charge < -0.3 is 0 Å². The Balaban J connectivity index is 1.50. The monoisotopic (exact) mass is 488 g/mol. The van der Waals surface area contributed by atoms with Crippen LogP contribution in [0.25, 0.3) is 54.6 Å². The maximum absolute atomic E-state index is 3.81. The highest BCUT2D eigenvalue weighted by Crippen LogP contribution is 2.43. The molecule has 0 aliphatic carbocycles. The lowest BCUT2D eigenvalue weighted by molar-refractivity contribution is 0.590. The van der Waals surface area contributed by atoms with Gasteiger partial charge in [-0.15, -0.1) is 0 Å². The van der Waals surface area contributed by atoms with Crippen molar-refractivity contribution in [2.24, 2.45) is 0 Å². The summed E-state index contributed by atoms with van der Waals surface area (Å²) in [5.41, 5.74) is 6.58. The molecular formula is C32H25Br. The van der Waals surface area contributed by atoms with E-state index in [1.807, 2.05) is 0 Å². The van der Waals surface area contributed by atoms with Crippen molar-refractivity contribution in [1.29, 1.82) is 0 Å². The van der Waals surface area contributed by atoms with E-state index < -0.39 is 0 Å². The Morgan fingerprint density at radius 2 is 1.09 bits per heavy atom. The Kier molecular flexibility index (Phi) is 4.61. The highest BCUT2D eigenvalue weighted by atomic mass is 79.9. The van der Waals surface area contributed by atoms with Gasteiger partial charge in [-0.05, 0) is 77.7 Å². The van der Waals surface area contributed by atoms with Crippen LogP contribution in [0.15, 0.2) is 102 Å². The van der Waals surface area contributed by atoms with Gasteiger partial charge in [-0.1, -0.05) is 122 Å². The van der Waals surface area contributed by atoms with Gasteiger partial charge >= 0.3 is 0 Å². The molecule has 0 atom stereocenters. The zero-order valence-electron chi connectivity index (χ0n) is 19.1. The molecule has 0 aliphatic heterocycles. The van der Waals surface area contributed by atoms with Crippen LogP contribution in [0.5, 0.6) is 0 Å². The van der Waals surface area contributed by atoms with Crippen LogP contribution in [0.1, 0.15) is 26.3 Å². The van der Waals surface area contributed by atoms with E-state index in [1.54, 1.807) is 0 Å². The first-order valence-corrected chi connectivity index (χ1v) is 12.3. The summed E-state index contributed by atoms with van der Waals surface area (Å²) in [6, 6.07) is 35.8. The highest BCUT2D eigenvalue weighted by molar-refractivity contribution is 9.10. The molecule has 0 heterocycles. The molecule has 0 aromatic heterocycles. The van der Waals surface area contributed by atoms with E-state index >= 15 is 0 Å². The average Bonchev–Trinajstić information content (AvgIpc) is 2.82. The standard InChI is InChI=1S/C32H25Br/c1-32(2,3)25-16-14-21(15-17-25)20-10-12-22(13-11-20)28-18-23-6-4-7-24-19-29(33)27-9-5-8-26(28)31(27)30(23)24/h4-19H,1-3H3. The summed E-state index contributed by atoms with van der Waals surface area (Å²) in [4.78, 5) is 0. The largest absolute Gasteiger partial charge is 0.0610 e. The molecule has 6 aromatic rings. The van der Waals surface area contributed by atoms with Crippen molar-refractivity contribution < 1.29 is 0 Å². The summed E-state index contributed by atoms with van der Waals surface area (Å²) in [6.07, 6.45) is 0. The SMILES string of the molecule is CC(C)(C)c1ccc(-c2ccc(-c3cc4cccc5cc(Br)c6cccc3c6c54)cc2)cc1. The molecule has 1 heteroatoms. The van der Waals surface area contributed by atoms with Gasteiger partial charge in [0.25, 0.3) is 0 Å². The number of rotatable bonds is 2. The molecule has 0 fully saturated rings. The van der Waals surface area contributed by atoms with Crippen molar-refractivity contribution >= 4 is 48.2 Å². The maximum atomic E-state index is 3.81. The van der Waals surface area contributed by atoms with Crippen molar-refractivity contribution in [3.63, 3.8) is 0 Å². The Morgan fingerprint density at radius 1 is 0.545 bits per heavy atom. The fourth-order valence-electron chi connectivity index (χ4n) is 5.05. The quantitative estimate of drug-likeness (QED) is 0.212. The van der Waals surface area contributed by atoms with E-state index in [0.29, 0.717) is 0 Å². The van der Waals surface area contributed by atoms with Crippen LogP contribution in [0, 0.1) is 0 Å². The van der Waals surface area contributed by atoms with Crippen LogP contribution in [0.2, 0.25) is 0 Å². The molecular weight excluding hydrogens is 464 g/mol. The van der Waals surface area contributed by atoms with Gasteiger partial charge in [-0.2, -0.15) is 0 Å². The third kappa shape index (κ3) is 3.34. The van der Waals surface area contributed by atoms with E-state index in [2.05, 4.69) is 134 Å². The Bertz CT molecular complexity index is 1620.